The van der Waals surface area contributed by atoms with Crippen molar-refractivity contribution in [3.63, 3.8) is 0 Å². The first-order valence-electron chi connectivity index (χ1n) is 6.87. The molecular weight excluding hydrogens is 316 g/mol. The molecule has 0 fully saturated rings. The topological polar surface area (TPSA) is 82.3 Å². The molecular formula is C15H16N4O3S. The number of benzene rings is 1. The van der Waals surface area contributed by atoms with Crippen molar-refractivity contribution in [2.24, 2.45) is 0 Å². The van der Waals surface area contributed by atoms with Crippen LogP contribution in [-0.4, -0.2) is 29.4 Å². The van der Waals surface area contributed by atoms with Crippen molar-refractivity contribution in [3.8, 4) is 22.3 Å². The van der Waals surface area contributed by atoms with Gasteiger partial charge in [-0.05, 0) is 26.0 Å². The number of hydrogen-bond donors (Lipinski definition) is 1. The lowest BCUT2D eigenvalue weighted by Gasteiger charge is -2.09. The first kappa shape index (κ1) is 15.3. The Balaban J connectivity index is 1.86. The zero-order valence-corrected chi connectivity index (χ0v) is 14.0. The molecule has 0 saturated heterocycles. The molecule has 0 unspecified atom stereocenters. The van der Waals surface area contributed by atoms with Gasteiger partial charge in [0.15, 0.2) is 0 Å². The normalized spacial score (nSPS) is 10.6. The van der Waals surface area contributed by atoms with Crippen LogP contribution in [0.4, 0.5) is 11.7 Å². The zero-order valence-electron chi connectivity index (χ0n) is 13.2. The molecule has 2 aromatic heterocycles. The Morgan fingerprint density at radius 3 is 2.61 bits per heavy atom. The van der Waals surface area contributed by atoms with Crippen molar-refractivity contribution in [1.29, 1.82) is 0 Å². The van der Waals surface area contributed by atoms with Crippen molar-refractivity contribution in [2.75, 3.05) is 19.5 Å². The number of rotatable bonds is 5. The Kier molecular flexibility index (Phi) is 4.16. The third kappa shape index (κ3) is 3.11. The van der Waals surface area contributed by atoms with Crippen molar-refractivity contribution in [2.45, 2.75) is 13.8 Å². The van der Waals surface area contributed by atoms with Gasteiger partial charge < -0.3 is 19.2 Å². The van der Waals surface area contributed by atoms with E-state index < -0.39 is 0 Å². The second-order valence-electron chi connectivity index (χ2n) is 4.75. The molecule has 3 rings (SSSR count). The quantitative estimate of drug-likeness (QED) is 0.764. The molecule has 0 aliphatic carbocycles. The summed E-state index contributed by atoms with van der Waals surface area (Å²) in [5.74, 6) is 1.77. The standard InChI is InChI=1S/C15H16N4O3S/c1-8-13(23-9(2)16-8)14-18-19-15(22-14)17-11-6-5-10(20-3)7-12(11)21-4/h5-7H,1-4H3,(H,17,19). The molecule has 0 amide bonds. The fourth-order valence-corrected chi connectivity index (χ4v) is 2.95. The molecule has 2 heterocycles. The maximum atomic E-state index is 5.67. The molecule has 0 radical (unpaired) electrons. The van der Waals surface area contributed by atoms with Gasteiger partial charge in [-0.3, -0.25) is 0 Å². The highest BCUT2D eigenvalue weighted by Gasteiger charge is 2.16. The summed E-state index contributed by atoms with van der Waals surface area (Å²) in [5.41, 5.74) is 1.59. The van der Waals surface area contributed by atoms with Crippen LogP contribution in [-0.2, 0) is 0 Å². The molecule has 8 heteroatoms. The van der Waals surface area contributed by atoms with E-state index in [0.29, 0.717) is 23.1 Å². The van der Waals surface area contributed by atoms with Crippen molar-refractivity contribution in [3.05, 3.63) is 28.9 Å². The molecule has 0 bridgehead atoms. The number of anilines is 2. The lowest BCUT2D eigenvalue weighted by molar-refractivity contribution is 0.395. The van der Waals surface area contributed by atoms with Crippen LogP contribution in [0.5, 0.6) is 11.5 Å². The summed E-state index contributed by atoms with van der Waals surface area (Å²) >= 11 is 1.52. The number of aromatic nitrogens is 3. The maximum Gasteiger partial charge on any atom is 0.320 e. The summed E-state index contributed by atoms with van der Waals surface area (Å²) in [6.45, 7) is 3.86. The third-order valence-corrected chi connectivity index (χ3v) is 4.23. The van der Waals surface area contributed by atoms with Crippen LogP contribution in [0.1, 0.15) is 10.7 Å². The van der Waals surface area contributed by atoms with Crippen molar-refractivity contribution in [1.82, 2.24) is 15.2 Å². The molecule has 0 saturated carbocycles. The summed E-state index contributed by atoms with van der Waals surface area (Å²) in [7, 11) is 3.19. The van der Waals surface area contributed by atoms with E-state index in [9.17, 15) is 0 Å². The van der Waals surface area contributed by atoms with E-state index in [1.165, 1.54) is 11.3 Å². The van der Waals surface area contributed by atoms with E-state index in [4.69, 9.17) is 13.9 Å². The van der Waals surface area contributed by atoms with Crippen LogP contribution in [0.2, 0.25) is 0 Å². The predicted octanol–water partition coefficient (Wildman–Crippen LogP) is 3.57. The van der Waals surface area contributed by atoms with Crippen molar-refractivity contribution >= 4 is 23.0 Å². The second kappa shape index (κ2) is 6.25. The second-order valence-corrected chi connectivity index (χ2v) is 5.95. The van der Waals surface area contributed by atoms with Gasteiger partial charge >= 0.3 is 6.01 Å². The molecule has 0 spiro atoms. The van der Waals surface area contributed by atoms with Gasteiger partial charge in [0.2, 0.25) is 0 Å². The molecule has 0 atom stereocenters. The Morgan fingerprint density at radius 1 is 1.13 bits per heavy atom. The summed E-state index contributed by atoms with van der Waals surface area (Å²) in [4.78, 5) is 5.24. The van der Waals surface area contributed by atoms with Crippen LogP contribution in [0.3, 0.4) is 0 Å². The highest BCUT2D eigenvalue weighted by molar-refractivity contribution is 7.15. The number of aryl methyl sites for hydroxylation is 2. The average Bonchev–Trinajstić information content (AvgIpc) is 3.13. The number of methoxy groups -OCH3 is 2. The van der Waals surface area contributed by atoms with Crippen molar-refractivity contribution < 1.29 is 13.9 Å². The predicted molar refractivity (Wildman–Crippen MR) is 87.7 cm³/mol. The Hall–Kier alpha value is -2.61. The molecule has 0 aliphatic heterocycles. The number of thiazole rings is 1. The molecule has 1 N–H and O–H groups in total. The minimum absolute atomic E-state index is 0.286. The largest absolute Gasteiger partial charge is 0.497 e. The van der Waals surface area contributed by atoms with Gasteiger partial charge in [-0.15, -0.1) is 16.4 Å². The third-order valence-electron chi connectivity index (χ3n) is 3.17. The first-order chi connectivity index (χ1) is 11.1. The van der Waals surface area contributed by atoms with E-state index in [2.05, 4.69) is 20.5 Å². The van der Waals surface area contributed by atoms with Gasteiger partial charge in [0.25, 0.3) is 5.89 Å². The van der Waals surface area contributed by atoms with Gasteiger partial charge in [0, 0.05) is 6.07 Å². The van der Waals surface area contributed by atoms with Gasteiger partial charge in [-0.25, -0.2) is 4.98 Å². The lowest BCUT2D eigenvalue weighted by atomic mass is 10.2. The van der Waals surface area contributed by atoms with Gasteiger partial charge in [-0.2, -0.15) is 0 Å². The Bertz CT molecular complexity index is 828. The molecule has 0 aliphatic rings. The number of nitrogens with one attached hydrogen (secondary N) is 1. The van der Waals surface area contributed by atoms with E-state index in [1.807, 2.05) is 26.0 Å². The van der Waals surface area contributed by atoms with Gasteiger partial charge in [0.1, 0.15) is 16.4 Å². The van der Waals surface area contributed by atoms with E-state index in [1.54, 1.807) is 20.3 Å². The van der Waals surface area contributed by atoms with E-state index >= 15 is 0 Å². The van der Waals surface area contributed by atoms with Gasteiger partial charge in [-0.1, -0.05) is 5.10 Å². The average molecular weight is 332 g/mol. The fourth-order valence-electron chi connectivity index (χ4n) is 2.11. The Labute approximate surface area is 137 Å². The molecule has 1 aromatic carbocycles. The zero-order chi connectivity index (χ0) is 16.4. The summed E-state index contributed by atoms with van der Waals surface area (Å²) < 4.78 is 16.2. The monoisotopic (exact) mass is 332 g/mol. The first-order valence-corrected chi connectivity index (χ1v) is 7.69. The van der Waals surface area contributed by atoms with E-state index in [0.717, 1.165) is 15.6 Å². The molecule has 120 valence electrons. The smallest absolute Gasteiger partial charge is 0.320 e. The SMILES string of the molecule is COc1ccc(Nc2nnc(-c3sc(C)nc3C)o2)c(OC)c1. The minimum atomic E-state index is 0.286. The number of ether oxygens (including phenoxy) is 2. The molecule has 3 aromatic rings. The number of hydrogen-bond acceptors (Lipinski definition) is 8. The minimum Gasteiger partial charge on any atom is -0.497 e. The van der Waals surface area contributed by atoms with Crippen LogP contribution in [0.25, 0.3) is 10.8 Å². The number of nitrogens with zero attached hydrogens (tertiary/aromatic N) is 3. The fraction of sp³-hybridized carbons (Fsp3) is 0.267. The maximum absolute atomic E-state index is 5.67. The molecule has 7 nitrogen and oxygen atoms in total. The van der Waals surface area contributed by atoms with Crippen LogP contribution >= 0.6 is 11.3 Å². The van der Waals surface area contributed by atoms with Crippen LogP contribution < -0.4 is 14.8 Å². The van der Waals surface area contributed by atoms with Crippen LogP contribution in [0.15, 0.2) is 22.6 Å². The Morgan fingerprint density at radius 2 is 1.96 bits per heavy atom. The summed E-state index contributed by atoms with van der Waals surface area (Å²) in [6.07, 6.45) is 0. The lowest BCUT2D eigenvalue weighted by Crippen LogP contribution is -1.95. The van der Waals surface area contributed by atoms with Gasteiger partial charge in [0.05, 0.1) is 30.6 Å². The van der Waals surface area contributed by atoms with E-state index in [-0.39, 0.29) is 6.01 Å². The summed E-state index contributed by atoms with van der Waals surface area (Å²) in [6, 6.07) is 5.70. The van der Waals surface area contributed by atoms with Crippen LogP contribution in [0, 0.1) is 13.8 Å². The highest BCUT2D eigenvalue weighted by Crippen LogP contribution is 2.33. The highest BCUT2D eigenvalue weighted by atomic mass is 32.1. The summed E-state index contributed by atoms with van der Waals surface area (Å²) in [5, 5.41) is 12.1. The molecule has 23 heavy (non-hydrogen) atoms.